The lowest BCUT2D eigenvalue weighted by atomic mass is 10.2. The first-order valence-corrected chi connectivity index (χ1v) is 10.3. The molecule has 1 aromatic carbocycles. The minimum absolute atomic E-state index is 0.0468. The van der Waals surface area contributed by atoms with Gasteiger partial charge < -0.3 is 15.0 Å². The second-order valence-electron chi connectivity index (χ2n) is 7.39. The number of nitrogens with one attached hydrogen (secondary N) is 1. The summed E-state index contributed by atoms with van der Waals surface area (Å²) >= 11 is 0. The highest BCUT2D eigenvalue weighted by molar-refractivity contribution is 7.89. The number of nitro groups is 1. The molecule has 0 bridgehead atoms. The Bertz CT molecular complexity index is 870. The molecule has 0 aromatic heterocycles. The normalized spacial score (nSPS) is 15.6. The Kier molecular flexibility index (Phi) is 6.80. The minimum atomic E-state index is -3.82. The van der Waals surface area contributed by atoms with E-state index < -0.39 is 26.6 Å². The topological polar surface area (TPSA) is 139 Å². The Hall–Kier alpha value is -2.73. The number of nitro benzene ring substituents is 1. The van der Waals surface area contributed by atoms with Crippen LogP contribution in [0.1, 0.15) is 20.8 Å². The van der Waals surface area contributed by atoms with E-state index in [1.54, 1.807) is 20.8 Å². The van der Waals surface area contributed by atoms with Crippen molar-refractivity contribution >= 4 is 27.7 Å². The number of sulfonamides is 1. The van der Waals surface area contributed by atoms with Gasteiger partial charge in [-0.05, 0) is 32.9 Å². The average molecular weight is 428 g/mol. The maximum Gasteiger partial charge on any atom is 0.408 e. The van der Waals surface area contributed by atoms with Crippen LogP contribution in [0.2, 0.25) is 0 Å². The van der Waals surface area contributed by atoms with Crippen molar-refractivity contribution in [2.45, 2.75) is 31.3 Å². The summed E-state index contributed by atoms with van der Waals surface area (Å²) in [6, 6.07) is 4.65. The van der Waals surface area contributed by atoms with E-state index in [0.717, 1.165) is 12.1 Å². The van der Waals surface area contributed by atoms with E-state index in [1.165, 1.54) is 21.3 Å². The first-order valence-electron chi connectivity index (χ1n) is 8.89. The van der Waals surface area contributed by atoms with Gasteiger partial charge in [0, 0.05) is 38.3 Å². The van der Waals surface area contributed by atoms with Gasteiger partial charge in [0.1, 0.15) is 12.1 Å². The third-order valence-electron chi connectivity index (χ3n) is 4.06. The van der Waals surface area contributed by atoms with Crippen molar-refractivity contribution < 1.29 is 27.7 Å². The number of piperazine rings is 1. The number of hydrogen-bond donors (Lipinski definition) is 1. The molecule has 0 saturated carbocycles. The van der Waals surface area contributed by atoms with Crippen molar-refractivity contribution in [1.29, 1.82) is 0 Å². The van der Waals surface area contributed by atoms with Crippen LogP contribution >= 0.6 is 0 Å². The Morgan fingerprint density at radius 1 is 1.14 bits per heavy atom. The molecule has 29 heavy (non-hydrogen) atoms. The lowest BCUT2D eigenvalue weighted by Gasteiger charge is -2.34. The van der Waals surface area contributed by atoms with Crippen LogP contribution in [0.25, 0.3) is 0 Å². The molecule has 0 aliphatic carbocycles. The quantitative estimate of drug-likeness (QED) is 0.544. The molecule has 2 rings (SSSR count). The van der Waals surface area contributed by atoms with E-state index in [1.807, 2.05) is 0 Å². The maximum absolute atomic E-state index is 12.7. The fourth-order valence-corrected chi connectivity index (χ4v) is 4.06. The molecular weight excluding hydrogens is 404 g/mol. The van der Waals surface area contributed by atoms with E-state index >= 15 is 0 Å². The second kappa shape index (κ2) is 8.74. The molecule has 11 nitrogen and oxygen atoms in total. The molecule has 1 N–H and O–H groups in total. The molecule has 0 unspecified atom stereocenters. The van der Waals surface area contributed by atoms with Gasteiger partial charge in [-0.15, -0.1) is 0 Å². The minimum Gasteiger partial charge on any atom is -0.444 e. The summed E-state index contributed by atoms with van der Waals surface area (Å²) in [5.41, 5.74) is -0.873. The van der Waals surface area contributed by atoms with Crippen molar-refractivity contribution in [2.75, 3.05) is 32.7 Å². The number of carbonyl (C=O) groups is 2. The third-order valence-corrected chi connectivity index (χ3v) is 5.97. The largest absolute Gasteiger partial charge is 0.444 e. The van der Waals surface area contributed by atoms with Crippen molar-refractivity contribution in [3.8, 4) is 0 Å². The molecule has 1 aliphatic rings. The molecule has 1 aromatic rings. The summed E-state index contributed by atoms with van der Waals surface area (Å²) < 4.78 is 31.6. The van der Waals surface area contributed by atoms with Gasteiger partial charge in [0.25, 0.3) is 5.69 Å². The van der Waals surface area contributed by atoms with Crippen molar-refractivity contribution in [2.24, 2.45) is 0 Å². The Morgan fingerprint density at radius 3 is 2.17 bits per heavy atom. The van der Waals surface area contributed by atoms with Crippen LogP contribution in [0.3, 0.4) is 0 Å². The lowest BCUT2D eigenvalue weighted by Crippen LogP contribution is -2.52. The van der Waals surface area contributed by atoms with Crippen molar-refractivity contribution in [1.82, 2.24) is 14.5 Å². The fraction of sp³-hybridized carbons (Fsp3) is 0.529. The molecule has 0 radical (unpaired) electrons. The standard InChI is InChI=1S/C17H24N4O7S/c1-17(2,3)28-16(23)18-12-15(22)19-8-10-20(11-9-19)29(26,27)14-6-4-13(5-7-14)21(24)25/h4-7H,8-12H2,1-3H3,(H,18,23). The monoisotopic (exact) mass is 428 g/mol. The smallest absolute Gasteiger partial charge is 0.408 e. The van der Waals surface area contributed by atoms with Crippen molar-refractivity contribution in [3.63, 3.8) is 0 Å². The summed E-state index contributed by atoms with van der Waals surface area (Å²) in [4.78, 5) is 35.3. The lowest BCUT2D eigenvalue weighted by molar-refractivity contribution is -0.384. The number of hydrogen-bond acceptors (Lipinski definition) is 7. The van der Waals surface area contributed by atoms with E-state index in [2.05, 4.69) is 5.32 Å². The first kappa shape index (κ1) is 22.6. The van der Waals surface area contributed by atoms with E-state index in [-0.39, 0.29) is 49.2 Å². The average Bonchev–Trinajstić information content (AvgIpc) is 2.65. The summed E-state index contributed by atoms with van der Waals surface area (Å²) in [6.07, 6.45) is -0.703. The van der Waals surface area contributed by atoms with E-state index in [4.69, 9.17) is 4.74 Å². The van der Waals surface area contributed by atoms with Gasteiger partial charge in [0.2, 0.25) is 15.9 Å². The predicted molar refractivity (Wildman–Crippen MR) is 103 cm³/mol. The van der Waals surface area contributed by atoms with Crippen LogP contribution in [0.15, 0.2) is 29.2 Å². The summed E-state index contributed by atoms with van der Waals surface area (Å²) in [7, 11) is -3.82. The summed E-state index contributed by atoms with van der Waals surface area (Å²) in [6.45, 7) is 5.37. The van der Waals surface area contributed by atoms with Gasteiger partial charge in [-0.3, -0.25) is 14.9 Å². The fourth-order valence-electron chi connectivity index (χ4n) is 2.64. The second-order valence-corrected chi connectivity index (χ2v) is 9.33. The zero-order valence-corrected chi connectivity index (χ0v) is 17.3. The number of benzene rings is 1. The van der Waals surface area contributed by atoms with Crippen LogP contribution in [0.4, 0.5) is 10.5 Å². The maximum atomic E-state index is 12.7. The number of ether oxygens (including phenoxy) is 1. The molecule has 160 valence electrons. The molecule has 12 heteroatoms. The molecular formula is C17H24N4O7S. The Morgan fingerprint density at radius 2 is 1.69 bits per heavy atom. The van der Waals surface area contributed by atoms with Crippen LogP contribution < -0.4 is 5.32 Å². The molecule has 1 heterocycles. The van der Waals surface area contributed by atoms with Crippen molar-refractivity contribution in [3.05, 3.63) is 34.4 Å². The first-order chi connectivity index (χ1) is 13.4. The van der Waals surface area contributed by atoms with E-state index in [0.29, 0.717) is 0 Å². The Balaban J connectivity index is 1.89. The molecule has 0 spiro atoms. The predicted octanol–water partition coefficient (Wildman–Crippen LogP) is 0.952. The van der Waals surface area contributed by atoms with Gasteiger partial charge in [0.15, 0.2) is 0 Å². The van der Waals surface area contributed by atoms with E-state index in [9.17, 15) is 28.1 Å². The molecule has 1 aliphatic heterocycles. The van der Waals surface area contributed by atoms with Gasteiger partial charge in [-0.2, -0.15) is 4.31 Å². The number of amides is 2. The highest BCUT2D eigenvalue weighted by Gasteiger charge is 2.30. The third kappa shape index (κ3) is 6.12. The summed E-state index contributed by atoms with van der Waals surface area (Å²) in [5, 5.41) is 13.1. The van der Waals surface area contributed by atoms with Crippen LogP contribution in [-0.4, -0.2) is 72.9 Å². The van der Waals surface area contributed by atoms with Gasteiger partial charge in [0.05, 0.1) is 9.82 Å². The van der Waals surface area contributed by atoms with Crippen LogP contribution in [-0.2, 0) is 19.6 Å². The number of nitrogens with zero attached hydrogens (tertiary/aromatic N) is 3. The molecule has 1 saturated heterocycles. The number of carbonyl (C=O) groups excluding carboxylic acids is 2. The van der Waals surface area contributed by atoms with Gasteiger partial charge in [-0.25, -0.2) is 13.2 Å². The number of alkyl carbamates (subject to hydrolysis) is 1. The van der Waals surface area contributed by atoms with Gasteiger partial charge in [-0.1, -0.05) is 0 Å². The van der Waals surface area contributed by atoms with Gasteiger partial charge >= 0.3 is 6.09 Å². The Labute approximate surface area is 168 Å². The van der Waals surface area contributed by atoms with Crippen LogP contribution in [0, 0.1) is 10.1 Å². The number of non-ortho nitro benzene ring substituents is 1. The molecule has 0 atom stereocenters. The summed E-state index contributed by atoms with van der Waals surface area (Å²) in [5.74, 6) is -0.344. The highest BCUT2D eigenvalue weighted by Crippen LogP contribution is 2.20. The zero-order chi connectivity index (χ0) is 21.8. The SMILES string of the molecule is CC(C)(C)OC(=O)NCC(=O)N1CCN(S(=O)(=O)c2ccc([N+](=O)[O-])cc2)CC1. The molecule has 1 fully saturated rings. The molecule has 2 amide bonds. The highest BCUT2D eigenvalue weighted by atomic mass is 32.2. The van der Waals surface area contributed by atoms with Crippen LogP contribution in [0.5, 0.6) is 0 Å². The number of rotatable bonds is 5. The zero-order valence-electron chi connectivity index (χ0n) is 16.5.